The fourth-order valence-electron chi connectivity index (χ4n) is 2.68. The molecule has 1 aromatic heterocycles. The minimum Gasteiger partial charge on any atom is -0.382 e. The van der Waals surface area contributed by atoms with Gasteiger partial charge in [-0.1, -0.05) is 25.2 Å². The van der Waals surface area contributed by atoms with Crippen LogP contribution in [0.2, 0.25) is 0 Å². The second-order valence-corrected chi connectivity index (χ2v) is 6.27. The highest BCUT2D eigenvalue weighted by Crippen LogP contribution is 2.31. The minimum atomic E-state index is -0.000790. The predicted molar refractivity (Wildman–Crippen MR) is 84.4 cm³/mol. The lowest BCUT2D eigenvalue weighted by atomic mass is 10.1. The third-order valence-corrected chi connectivity index (χ3v) is 5.14. The van der Waals surface area contributed by atoms with E-state index < -0.39 is 0 Å². The second-order valence-electron chi connectivity index (χ2n) is 5.29. The summed E-state index contributed by atoms with van der Waals surface area (Å²) in [6.45, 7) is 6.24. The quantitative estimate of drug-likeness (QED) is 0.907. The van der Waals surface area contributed by atoms with E-state index in [1.54, 1.807) is 4.90 Å². The zero-order chi connectivity index (χ0) is 14.7. The van der Waals surface area contributed by atoms with E-state index in [4.69, 9.17) is 5.73 Å². The molecule has 1 amide bonds. The molecule has 0 aliphatic carbocycles. The fourth-order valence-corrected chi connectivity index (χ4v) is 3.70. The lowest BCUT2D eigenvalue weighted by Gasteiger charge is -2.25. The molecule has 0 bridgehead atoms. The molecule has 0 atom stereocenters. The standard InChI is InChI=1S/C14H24N4OS/c1-4-10(5-2)17(3)13(19)11-12(15)16-14(20-11)18-8-6-7-9-18/h10H,4-9,15H2,1-3H3. The van der Waals surface area contributed by atoms with Gasteiger partial charge in [-0.3, -0.25) is 4.79 Å². The van der Waals surface area contributed by atoms with Crippen LogP contribution in [-0.4, -0.2) is 42.0 Å². The van der Waals surface area contributed by atoms with E-state index >= 15 is 0 Å². The number of rotatable bonds is 5. The largest absolute Gasteiger partial charge is 0.382 e. The van der Waals surface area contributed by atoms with E-state index in [9.17, 15) is 4.79 Å². The summed E-state index contributed by atoms with van der Waals surface area (Å²) >= 11 is 1.43. The number of aromatic nitrogens is 1. The van der Waals surface area contributed by atoms with E-state index in [0.717, 1.165) is 31.1 Å². The average molecular weight is 296 g/mol. The Morgan fingerprint density at radius 2 is 2.00 bits per heavy atom. The first-order chi connectivity index (χ1) is 9.58. The van der Waals surface area contributed by atoms with Crippen molar-refractivity contribution < 1.29 is 4.79 Å². The zero-order valence-corrected chi connectivity index (χ0v) is 13.4. The van der Waals surface area contributed by atoms with Crippen molar-refractivity contribution >= 4 is 28.2 Å². The first-order valence-corrected chi connectivity index (χ1v) is 8.18. The first-order valence-electron chi connectivity index (χ1n) is 7.36. The van der Waals surface area contributed by atoms with Crippen molar-refractivity contribution in [3.05, 3.63) is 4.88 Å². The van der Waals surface area contributed by atoms with Gasteiger partial charge < -0.3 is 15.5 Å². The lowest BCUT2D eigenvalue weighted by Crippen LogP contribution is -2.36. The summed E-state index contributed by atoms with van der Waals surface area (Å²) < 4.78 is 0. The number of carbonyl (C=O) groups is 1. The van der Waals surface area contributed by atoms with Crippen LogP contribution in [0.15, 0.2) is 0 Å². The van der Waals surface area contributed by atoms with E-state index in [0.29, 0.717) is 10.7 Å². The van der Waals surface area contributed by atoms with Crippen LogP contribution in [0.1, 0.15) is 49.2 Å². The van der Waals surface area contributed by atoms with Gasteiger partial charge in [-0.05, 0) is 25.7 Å². The number of hydrogen-bond donors (Lipinski definition) is 1. The Morgan fingerprint density at radius 3 is 2.55 bits per heavy atom. The van der Waals surface area contributed by atoms with Crippen molar-refractivity contribution in [3.8, 4) is 0 Å². The minimum absolute atomic E-state index is 0.000790. The van der Waals surface area contributed by atoms with Crippen molar-refractivity contribution in [2.45, 2.75) is 45.6 Å². The number of nitrogens with two attached hydrogens (primary N) is 1. The molecular formula is C14H24N4OS. The van der Waals surface area contributed by atoms with Crippen LogP contribution < -0.4 is 10.6 Å². The molecule has 0 aromatic carbocycles. The molecule has 6 heteroatoms. The summed E-state index contributed by atoms with van der Waals surface area (Å²) in [7, 11) is 1.86. The highest BCUT2D eigenvalue weighted by atomic mass is 32.1. The average Bonchev–Trinajstić information content (AvgIpc) is 3.08. The molecule has 112 valence electrons. The summed E-state index contributed by atoms with van der Waals surface area (Å²) in [6, 6.07) is 0.263. The zero-order valence-electron chi connectivity index (χ0n) is 12.6. The highest BCUT2D eigenvalue weighted by Gasteiger charge is 2.25. The molecule has 0 unspecified atom stereocenters. The van der Waals surface area contributed by atoms with Gasteiger partial charge in [-0.15, -0.1) is 0 Å². The summed E-state index contributed by atoms with van der Waals surface area (Å²) in [5.74, 6) is 0.374. The molecule has 0 saturated carbocycles. The molecule has 2 heterocycles. The van der Waals surface area contributed by atoms with Crippen molar-refractivity contribution in [2.75, 3.05) is 30.8 Å². The number of nitrogen functional groups attached to an aromatic ring is 1. The maximum absolute atomic E-state index is 12.6. The van der Waals surface area contributed by atoms with Gasteiger partial charge >= 0.3 is 0 Å². The van der Waals surface area contributed by atoms with Crippen molar-refractivity contribution in [1.29, 1.82) is 0 Å². The van der Waals surface area contributed by atoms with Crippen molar-refractivity contribution in [2.24, 2.45) is 0 Å². The molecule has 2 N–H and O–H groups in total. The molecule has 2 rings (SSSR count). The van der Waals surface area contributed by atoms with Crippen LogP contribution in [-0.2, 0) is 0 Å². The SMILES string of the molecule is CCC(CC)N(C)C(=O)c1sc(N2CCCC2)nc1N. The van der Waals surface area contributed by atoms with Crippen LogP contribution >= 0.6 is 11.3 Å². The summed E-state index contributed by atoms with van der Waals surface area (Å²) in [5, 5.41) is 0.890. The van der Waals surface area contributed by atoms with Crippen LogP contribution in [0.5, 0.6) is 0 Å². The monoisotopic (exact) mass is 296 g/mol. The Kier molecular flexibility index (Phi) is 4.86. The van der Waals surface area contributed by atoms with Gasteiger partial charge in [0.1, 0.15) is 10.7 Å². The van der Waals surface area contributed by atoms with E-state index in [1.807, 2.05) is 7.05 Å². The molecule has 1 saturated heterocycles. The normalized spacial score (nSPS) is 15.1. The van der Waals surface area contributed by atoms with Gasteiger partial charge in [-0.25, -0.2) is 4.98 Å². The molecule has 1 aromatic rings. The predicted octanol–water partition coefficient (Wildman–Crippen LogP) is 2.59. The number of amides is 1. The fraction of sp³-hybridized carbons (Fsp3) is 0.714. The Balaban J connectivity index is 2.17. The molecular weight excluding hydrogens is 272 g/mol. The van der Waals surface area contributed by atoms with Gasteiger partial charge in [-0.2, -0.15) is 0 Å². The van der Waals surface area contributed by atoms with Crippen LogP contribution in [0.25, 0.3) is 0 Å². The van der Waals surface area contributed by atoms with Gasteiger partial charge in [0.15, 0.2) is 5.13 Å². The summed E-state index contributed by atoms with van der Waals surface area (Å²) in [6.07, 6.45) is 4.29. The van der Waals surface area contributed by atoms with E-state index in [2.05, 4.69) is 23.7 Å². The molecule has 5 nitrogen and oxygen atoms in total. The van der Waals surface area contributed by atoms with Crippen molar-refractivity contribution in [1.82, 2.24) is 9.88 Å². The number of hydrogen-bond acceptors (Lipinski definition) is 5. The maximum Gasteiger partial charge on any atom is 0.267 e. The van der Waals surface area contributed by atoms with Gasteiger partial charge in [0, 0.05) is 26.2 Å². The first kappa shape index (κ1) is 15.1. The van der Waals surface area contributed by atoms with Gasteiger partial charge in [0.05, 0.1) is 0 Å². The second kappa shape index (κ2) is 6.43. The van der Waals surface area contributed by atoms with Gasteiger partial charge in [0.25, 0.3) is 5.91 Å². The lowest BCUT2D eigenvalue weighted by molar-refractivity contribution is 0.0729. The Hall–Kier alpha value is -1.30. The molecule has 1 aliphatic rings. The number of nitrogens with zero attached hydrogens (tertiary/aromatic N) is 3. The third-order valence-electron chi connectivity index (χ3n) is 4.02. The number of carbonyl (C=O) groups excluding carboxylic acids is 1. The number of thiazole rings is 1. The highest BCUT2D eigenvalue weighted by molar-refractivity contribution is 7.18. The van der Waals surface area contributed by atoms with Gasteiger partial charge in [0.2, 0.25) is 0 Å². The topological polar surface area (TPSA) is 62.5 Å². The smallest absolute Gasteiger partial charge is 0.267 e. The van der Waals surface area contributed by atoms with E-state index in [1.165, 1.54) is 24.2 Å². The van der Waals surface area contributed by atoms with Crippen LogP contribution in [0.3, 0.4) is 0 Å². The number of anilines is 2. The van der Waals surface area contributed by atoms with E-state index in [-0.39, 0.29) is 11.9 Å². The molecule has 0 radical (unpaired) electrons. The van der Waals surface area contributed by atoms with Crippen LogP contribution in [0.4, 0.5) is 10.9 Å². The maximum atomic E-state index is 12.6. The van der Waals surface area contributed by atoms with Crippen molar-refractivity contribution in [3.63, 3.8) is 0 Å². The Labute approximate surface area is 124 Å². The molecule has 1 aliphatic heterocycles. The summed E-state index contributed by atoms with van der Waals surface area (Å²) in [5.41, 5.74) is 5.96. The Bertz CT molecular complexity index is 464. The Morgan fingerprint density at radius 1 is 1.40 bits per heavy atom. The molecule has 20 heavy (non-hydrogen) atoms. The van der Waals surface area contributed by atoms with Crippen LogP contribution in [0, 0.1) is 0 Å². The summed E-state index contributed by atoms with van der Waals surface area (Å²) in [4.78, 5) is 21.5. The molecule has 0 spiro atoms. The molecule has 1 fully saturated rings. The third kappa shape index (κ3) is 2.90.